The molecule has 13 heavy (non-hydrogen) atoms. The Labute approximate surface area is 81.2 Å². The molecule has 0 bridgehead atoms. The van der Waals surface area contributed by atoms with Gasteiger partial charge >= 0.3 is 0 Å². The van der Waals surface area contributed by atoms with Crippen LogP contribution in [0.3, 0.4) is 0 Å². The summed E-state index contributed by atoms with van der Waals surface area (Å²) in [5, 5.41) is 0. The predicted octanol–water partition coefficient (Wildman–Crippen LogP) is 3.66. The van der Waals surface area contributed by atoms with Gasteiger partial charge in [0.25, 0.3) is 0 Å². The molecular weight excluding hydrogens is 160 g/mol. The maximum atomic E-state index is 10.5. The van der Waals surface area contributed by atoms with Gasteiger partial charge in [-0.1, -0.05) is 38.5 Å². The fourth-order valence-corrected chi connectivity index (χ4v) is 1.96. The third-order valence-corrected chi connectivity index (χ3v) is 2.85. The highest BCUT2D eigenvalue weighted by molar-refractivity contribution is 5.52. The average molecular weight is 180 g/mol. The molecule has 1 aliphatic carbocycles. The molecule has 1 saturated carbocycles. The summed E-state index contributed by atoms with van der Waals surface area (Å²) in [4.78, 5) is 10.5. The quantitative estimate of drug-likeness (QED) is 0.520. The van der Waals surface area contributed by atoms with Crippen LogP contribution in [0.2, 0.25) is 0 Å². The molecule has 0 N–H and O–H groups in total. The molecule has 0 aromatic rings. The Morgan fingerprint density at radius 2 is 1.08 bits per heavy atom. The Balaban J connectivity index is 2.31. The number of hydrogen-bond donors (Lipinski definition) is 0. The second kappa shape index (κ2) is 6.91. The van der Waals surface area contributed by atoms with E-state index in [1.807, 2.05) is 0 Å². The zero-order chi connectivity index (χ0) is 9.36. The molecule has 1 heteroatoms. The third kappa shape index (κ3) is 4.90. The Morgan fingerprint density at radius 3 is 1.46 bits per heavy atom. The standard InChI is InChI=1S/C12H20O/c13-11-12-9-7-5-3-1-2-4-6-8-10-12/h1-10H2. The second-order valence-electron chi connectivity index (χ2n) is 4.03. The minimum atomic E-state index is 1.00. The lowest BCUT2D eigenvalue weighted by Crippen LogP contribution is -1.86. The predicted molar refractivity (Wildman–Crippen MR) is 55.4 cm³/mol. The summed E-state index contributed by atoms with van der Waals surface area (Å²) in [5.74, 6) is 2.11. The van der Waals surface area contributed by atoms with Gasteiger partial charge in [0.05, 0.1) is 0 Å². The number of carbonyl (C=O) groups excluding carboxylic acids is 1. The summed E-state index contributed by atoms with van der Waals surface area (Å²) in [6, 6.07) is 0. The smallest absolute Gasteiger partial charge is 0.123 e. The van der Waals surface area contributed by atoms with Crippen molar-refractivity contribution in [2.45, 2.75) is 64.2 Å². The molecule has 0 amide bonds. The summed E-state index contributed by atoms with van der Waals surface area (Å²) < 4.78 is 0. The van der Waals surface area contributed by atoms with Crippen LogP contribution in [0.4, 0.5) is 0 Å². The van der Waals surface area contributed by atoms with Crippen molar-refractivity contribution in [3.05, 3.63) is 5.57 Å². The van der Waals surface area contributed by atoms with Gasteiger partial charge in [-0.2, -0.15) is 0 Å². The topological polar surface area (TPSA) is 17.1 Å². The first-order valence-electron chi connectivity index (χ1n) is 5.66. The number of rotatable bonds is 0. The minimum Gasteiger partial charge on any atom is -0.234 e. The molecule has 0 heterocycles. The molecule has 0 atom stereocenters. The summed E-state index contributed by atoms with van der Waals surface area (Å²) in [6.45, 7) is 0. The largest absolute Gasteiger partial charge is 0.234 e. The molecule has 0 aromatic carbocycles. The van der Waals surface area contributed by atoms with Crippen molar-refractivity contribution in [3.8, 4) is 0 Å². The molecule has 1 rings (SSSR count). The van der Waals surface area contributed by atoms with Crippen molar-refractivity contribution in [2.75, 3.05) is 0 Å². The molecule has 0 unspecified atom stereocenters. The Kier molecular flexibility index (Phi) is 5.60. The fourth-order valence-electron chi connectivity index (χ4n) is 1.96. The Morgan fingerprint density at radius 1 is 0.692 bits per heavy atom. The first-order chi connectivity index (χ1) is 6.43. The van der Waals surface area contributed by atoms with Gasteiger partial charge in [0.15, 0.2) is 0 Å². The van der Waals surface area contributed by atoms with E-state index >= 15 is 0 Å². The van der Waals surface area contributed by atoms with Crippen LogP contribution < -0.4 is 0 Å². The van der Waals surface area contributed by atoms with E-state index < -0.39 is 0 Å². The SMILES string of the molecule is O=C=C1CCCCCCCCCC1. The molecule has 74 valence electrons. The van der Waals surface area contributed by atoms with Gasteiger partial charge in [-0.15, -0.1) is 0 Å². The van der Waals surface area contributed by atoms with Crippen molar-refractivity contribution in [2.24, 2.45) is 0 Å². The van der Waals surface area contributed by atoms with Crippen LogP contribution in [0.25, 0.3) is 0 Å². The second-order valence-corrected chi connectivity index (χ2v) is 4.03. The molecule has 1 nitrogen and oxygen atoms in total. The van der Waals surface area contributed by atoms with Gasteiger partial charge in [0, 0.05) is 5.57 Å². The molecule has 0 aliphatic heterocycles. The average Bonchev–Trinajstić information content (AvgIpc) is 2.22. The van der Waals surface area contributed by atoms with Gasteiger partial charge in [-0.05, 0) is 25.7 Å². The summed E-state index contributed by atoms with van der Waals surface area (Å²) >= 11 is 0. The summed E-state index contributed by atoms with van der Waals surface area (Å²) in [6.07, 6.45) is 12.5. The molecule has 0 radical (unpaired) electrons. The number of allylic oxidation sites excluding steroid dienone is 1. The maximum absolute atomic E-state index is 10.5. The lowest BCUT2D eigenvalue weighted by Gasteiger charge is -2.00. The normalized spacial score (nSPS) is 21.7. The van der Waals surface area contributed by atoms with Crippen LogP contribution in [0.1, 0.15) is 64.2 Å². The van der Waals surface area contributed by atoms with Crippen LogP contribution in [0, 0.1) is 0 Å². The Bertz CT molecular complexity index is 164. The van der Waals surface area contributed by atoms with Crippen molar-refractivity contribution >= 4 is 5.94 Å². The molecule has 1 fully saturated rings. The molecule has 0 aromatic heterocycles. The van der Waals surface area contributed by atoms with E-state index in [1.165, 1.54) is 51.4 Å². The first-order valence-corrected chi connectivity index (χ1v) is 5.66. The van der Waals surface area contributed by atoms with Gasteiger partial charge in [-0.25, -0.2) is 4.79 Å². The van der Waals surface area contributed by atoms with Gasteiger partial charge in [0.1, 0.15) is 5.94 Å². The van der Waals surface area contributed by atoms with E-state index in [9.17, 15) is 4.79 Å². The monoisotopic (exact) mass is 180 g/mol. The molecular formula is C12H20O. The molecule has 0 spiro atoms. The highest BCUT2D eigenvalue weighted by atomic mass is 16.1. The van der Waals surface area contributed by atoms with E-state index in [2.05, 4.69) is 5.94 Å². The van der Waals surface area contributed by atoms with Crippen molar-refractivity contribution in [3.63, 3.8) is 0 Å². The van der Waals surface area contributed by atoms with E-state index in [0.29, 0.717) is 0 Å². The van der Waals surface area contributed by atoms with E-state index in [0.717, 1.165) is 18.4 Å². The van der Waals surface area contributed by atoms with Gasteiger partial charge in [0.2, 0.25) is 0 Å². The van der Waals surface area contributed by atoms with Crippen molar-refractivity contribution in [1.29, 1.82) is 0 Å². The van der Waals surface area contributed by atoms with Gasteiger partial charge in [-0.3, -0.25) is 0 Å². The third-order valence-electron chi connectivity index (χ3n) is 2.85. The lowest BCUT2D eigenvalue weighted by molar-refractivity contribution is 0.562. The zero-order valence-electron chi connectivity index (χ0n) is 8.48. The fraction of sp³-hybridized carbons (Fsp3) is 0.833. The maximum Gasteiger partial charge on any atom is 0.123 e. The molecule has 0 saturated heterocycles. The first kappa shape index (κ1) is 10.5. The van der Waals surface area contributed by atoms with E-state index in [-0.39, 0.29) is 0 Å². The summed E-state index contributed by atoms with van der Waals surface area (Å²) in [5.41, 5.74) is 1.03. The van der Waals surface area contributed by atoms with Crippen LogP contribution in [0.5, 0.6) is 0 Å². The molecule has 1 aliphatic rings. The van der Waals surface area contributed by atoms with Crippen LogP contribution in [-0.2, 0) is 4.79 Å². The van der Waals surface area contributed by atoms with Crippen LogP contribution in [-0.4, -0.2) is 5.94 Å². The highest BCUT2D eigenvalue weighted by Crippen LogP contribution is 2.18. The zero-order valence-corrected chi connectivity index (χ0v) is 8.48. The van der Waals surface area contributed by atoms with E-state index in [1.54, 1.807) is 0 Å². The van der Waals surface area contributed by atoms with E-state index in [4.69, 9.17) is 0 Å². The Hall–Kier alpha value is -0.550. The lowest BCUT2D eigenvalue weighted by atomic mass is 10.0. The summed E-state index contributed by atoms with van der Waals surface area (Å²) in [7, 11) is 0. The number of hydrogen-bond acceptors (Lipinski definition) is 1. The van der Waals surface area contributed by atoms with Crippen molar-refractivity contribution in [1.82, 2.24) is 0 Å². The van der Waals surface area contributed by atoms with Crippen molar-refractivity contribution < 1.29 is 4.79 Å². The van der Waals surface area contributed by atoms with Crippen LogP contribution in [0.15, 0.2) is 5.57 Å². The van der Waals surface area contributed by atoms with Crippen LogP contribution >= 0.6 is 0 Å². The highest BCUT2D eigenvalue weighted by Gasteiger charge is 2.01. The minimum absolute atomic E-state index is 1.00. The van der Waals surface area contributed by atoms with Gasteiger partial charge < -0.3 is 0 Å².